The highest BCUT2D eigenvalue weighted by Gasteiger charge is 2.31. The van der Waals surface area contributed by atoms with Gasteiger partial charge >= 0.3 is 6.18 Å². The standard InChI is InChI=1S/C15H15BrF3NS/c1-3-12(20-2)14-5-4-13(21-14)9-6-10(15(17,18)19)8-11(16)7-9/h4-8,12,20H,3H2,1-2H3. The van der Waals surface area contributed by atoms with E-state index >= 15 is 0 Å². The summed E-state index contributed by atoms with van der Waals surface area (Å²) in [4.78, 5) is 1.97. The molecule has 0 saturated carbocycles. The first-order chi connectivity index (χ1) is 9.85. The molecule has 1 aromatic heterocycles. The van der Waals surface area contributed by atoms with Crippen molar-refractivity contribution >= 4 is 27.3 Å². The van der Waals surface area contributed by atoms with Gasteiger partial charge in [0.1, 0.15) is 0 Å². The van der Waals surface area contributed by atoms with Crippen LogP contribution in [0.25, 0.3) is 10.4 Å². The minimum Gasteiger partial charge on any atom is -0.312 e. The van der Waals surface area contributed by atoms with Gasteiger partial charge in [0.15, 0.2) is 0 Å². The number of hydrogen-bond donors (Lipinski definition) is 1. The van der Waals surface area contributed by atoms with Gasteiger partial charge in [-0.15, -0.1) is 11.3 Å². The summed E-state index contributed by atoms with van der Waals surface area (Å²) in [5.41, 5.74) is -0.0543. The number of nitrogens with one attached hydrogen (secondary N) is 1. The average Bonchev–Trinajstić information content (AvgIpc) is 2.88. The summed E-state index contributed by atoms with van der Waals surface area (Å²) < 4.78 is 39.1. The Labute approximate surface area is 134 Å². The molecule has 2 rings (SSSR count). The van der Waals surface area contributed by atoms with Gasteiger partial charge in [-0.2, -0.15) is 13.2 Å². The molecule has 0 saturated heterocycles. The maximum Gasteiger partial charge on any atom is 0.416 e. The molecule has 0 spiro atoms. The molecule has 1 nitrogen and oxygen atoms in total. The topological polar surface area (TPSA) is 12.0 Å². The van der Waals surface area contributed by atoms with Crippen molar-refractivity contribution in [2.75, 3.05) is 7.05 Å². The van der Waals surface area contributed by atoms with E-state index in [4.69, 9.17) is 0 Å². The van der Waals surface area contributed by atoms with Gasteiger partial charge in [-0.1, -0.05) is 22.9 Å². The summed E-state index contributed by atoms with van der Waals surface area (Å²) >= 11 is 4.68. The smallest absolute Gasteiger partial charge is 0.312 e. The molecular formula is C15H15BrF3NS. The van der Waals surface area contributed by atoms with Gasteiger partial charge < -0.3 is 5.32 Å². The molecule has 0 amide bonds. The fraction of sp³-hybridized carbons (Fsp3) is 0.333. The summed E-state index contributed by atoms with van der Waals surface area (Å²) in [7, 11) is 1.88. The van der Waals surface area contributed by atoms with Crippen LogP contribution in [0.5, 0.6) is 0 Å². The number of rotatable bonds is 4. The number of hydrogen-bond acceptors (Lipinski definition) is 2. The van der Waals surface area contributed by atoms with Crippen LogP contribution in [0.3, 0.4) is 0 Å². The van der Waals surface area contributed by atoms with E-state index in [-0.39, 0.29) is 6.04 Å². The fourth-order valence-electron chi connectivity index (χ4n) is 2.14. The molecule has 21 heavy (non-hydrogen) atoms. The monoisotopic (exact) mass is 377 g/mol. The lowest BCUT2D eigenvalue weighted by molar-refractivity contribution is -0.137. The second-order valence-corrected chi connectivity index (χ2v) is 6.71. The van der Waals surface area contributed by atoms with Crippen LogP contribution >= 0.6 is 27.3 Å². The van der Waals surface area contributed by atoms with Crippen molar-refractivity contribution in [3.8, 4) is 10.4 Å². The molecule has 1 unspecified atom stereocenters. The molecule has 0 bridgehead atoms. The molecule has 1 N–H and O–H groups in total. The summed E-state index contributed by atoms with van der Waals surface area (Å²) in [5.74, 6) is 0. The lowest BCUT2D eigenvalue weighted by Gasteiger charge is -2.11. The van der Waals surface area contributed by atoms with E-state index in [1.807, 2.05) is 19.2 Å². The van der Waals surface area contributed by atoms with Gasteiger partial charge in [-0.05, 0) is 49.4 Å². The third-order valence-corrected chi connectivity index (χ3v) is 4.94. The molecule has 0 fully saturated rings. The normalized spacial score (nSPS) is 13.4. The minimum absolute atomic E-state index is 0.234. The Kier molecular flexibility index (Phi) is 5.11. The van der Waals surface area contributed by atoms with E-state index < -0.39 is 11.7 Å². The van der Waals surface area contributed by atoms with E-state index in [1.54, 1.807) is 6.07 Å². The van der Waals surface area contributed by atoms with Crippen molar-refractivity contribution < 1.29 is 13.2 Å². The van der Waals surface area contributed by atoms with Crippen molar-refractivity contribution in [2.45, 2.75) is 25.6 Å². The second kappa shape index (κ2) is 6.50. The molecule has 114 valence electrons. The molecule has 0 aliphatic carbocycles. The third kappa shape index (κ3) is 3.87. The van der Waals surface area contributed by atoms with Crippen molar-refractivity contribution in [2.24, 2.45) is 0 Å². The summed E-state index contributed by atoms with van der Waals surface area (Å²) in [6.45, 7) is 2.07. The highest BCUT2D eigenvalue weighted by Crippen LogP contribution is 2.38. The largest absolute Gasteiger partial charge is 0.416 e. The van der Waals surface area contributed by atoms with Crippen LogP contribution < -0.4 is 5.32 Å². The molecule has 1 heterocycles. The van der Waals surface area contributed by atoms with E-state index in [9.17, 15) is 13.2 Å². The Morgan fingerprint density at radius 2 is 1.95 bits per heavy atom. The van der Waals surface area contributed by atoms with E-state index in [1.165, 1.54) is 17.4 Å². The van der Waals surface area contributed by atoms with Gasteiger partial charge in [0.2, 0.25) is 0 Å². The summed E-state index contributed by atoms with van der Waals surface area (Å²) in [6, 6.07) is 8.09. The van der Waals surface area contributed by atoms with Crippen molar-refractivity contribution in [3.05, 3.63) is 45.2 Å². The van der Waals surface area contributed by atoms with Crippen LogP contribution in [0.2, 0.25) is 0 Å². The lowest BCUT2D eigenvalue weighted by atomic mass is 10.1. The Morgan fingerprint density at radius 1 is 1.24 bits per heavy atom. The van der Waals surface area contributed by atoms with E-state index in [0.29, 0.717) is 10.0 Å². The lowest BCUT2D eigenvalue weighted by Crippen LogP contribution is -2.13. The third-order valence-electron chi connectivity index (χ3n) is 3.24. The quantitative estimate of drug-likeness (QED) is 0.702. The maximum atomic E-state index is 12.9. The highest BCUT2D eigenvalue weighted by molar-refractivity contribution is 9.10. The van der Waals surface area contributed by atoms with Crippen LogP contribution in [0.4, 0.5) is 13.2 Å². The van der Waals surface area contributed by atoms with Crippen LogP contribution in [-0.2, 0) is 6.18 Å². The zero-order valence-electron chi connectivity index (χ0n) is 11.6. The molecule has 0 aliphatic heterocycles. The van der Waals surface area contributed by atoms with Crippen LogP contribution in [0.1, 0.15) is 29.8 Å². The average molecular weight is 378 g/mol. The van der Waals surface area contributed by atoms with Gasteiger partial charge in [0, 0.05) is 20.3 Å². The molecule has 1 atom stereocenters. The second-order valence-electron chi connectivity index (χ2n) is 4.68. The molecule has 0 radical (unpaired) electrons. The van der Waals surface area contributed by atoms with Crippen LogP contribution in [-0.4, -0.2) is 7.05 Å². The molecule has 6 heteroatoms. The predicted octanol–water partition coefficient (Wildman–Crippen LogP) is 5.87. The van der Waals surface area contributed by atoms with E-state index in [0.717, 1.165) is 22.2 Å². The van der Waals surface area contributed by atoms with Gasteiger partial charge in [0.05, 0.1) is 5.56 Å². The summed E-state index contributed by atoms with van der Waals surface area (Å²) in [6.07, 6.45) is -3.40. The Bertz CT molecular complexity index is 618. The van der Waals surface area contributed by atoms with E-state index in [2.05, 4.69) is 28.2 Å². The van der Waals surface area contributed by atoms with Crippen LogP contribution in [0, 0.1) is 0 Å². The highest BCUT2D eigenvalue weighted by atomic mass is 79.9. The molecule has 0 aliphatic rings. The van der Waals surface area contributed by atoms with Gasteiger partial charge in [-0.3, -0.25) is 0 Å². The number of thiophene rings is 1. The first kappa shape index (κ1) is 16.5. The van der Waals surface area contributed by atoms with Gasteiger partial charge in [0.25, 0.3) is 0 Å². The Balaban J connectivity index is 2.41. The molecule has 1 aromatic carbocycles. The van der Waals surface area contributed by atoms with Crippen molar-refractivity contribution in [1.82, 2.24) is 5.32 Å². The van der Waals surface area contributed by atoms with Crippen molar-refractivity contribution in [3.63, 3.8) is 0 Å². The Hall–Kier alpha value is -0.850. The maximum absolute atomic E-state index is 12.9. The number of alkyl halides is 3. The molecule has 2 aromatic rings. The summed E-state index contributed by atoms with van der Waals surface area (Å²) in [5, 5.41) is 3.20. The molecular weight excluding hydrogens is 363 g/mol. The minimum atomic E-state index is -4.34. The van der Waals surface area contributed by atoms with Crippen molar-refractivity contribution in [1.29, 1.82) is 0 Å². The zero-order valence-corrected chi connectivity index (χ0v) is 14.0. The van der Waals surface area contributed by atoms with Gasteiger partial charge in [-0.25, -0.2) is 0 Å². The zero-order chi connectivity index (χ0) is 15.6. The number of halogens is 4. The number of benzene rings is 1. The van der Waals surface area contributed by atoms with Crippen LogP contribution in [0.15, 0.2) is 34.8 Å². The first-order valence-corrected chi connectivity index (χ1v) is 8.11. The predicted molar refractivity (Wildman–Crippen MR) is 84.5 cm³/mol. The Morgan fingerprint density at radius 3 is 2.52 bits per heavy atom. The SMILES string of the molecule is CCC(NC)c1ccc(-c2cc(Br)cc(C(F)(F)F)c2)s1. The first-order valence-electron chi connectivity index (χ1n) is 6.50. The fourth-order valence-corrected chi connectivity index (χ4v) is 3.82.